The van der Waals surface area contributed by atoms with E-state index in [2.05, 4.69) is 6.92 Å². The number of hydrogen-bond donors (Lipinski definition) is 4. The minimum atomic E-state index is -1.70. The average molecular weight is 449 g/mol. The summed E-state index contributed by atoms with van der Waals surface area (Å²) in [5.41, 5.74) is -0.725. The van der Waals surface area contributed by atoms with E-state index in [0.29, 0.717) is 6.42 Å². The molecule has 0 aromatic heterocycles. The highest BCUT2D eigenvalue weighted by Crippen LogP contribution is 2.13. The maximum Gasteiger partial charge on any atom is 0.303 e. The molecular formula is C24H52O5Si. The van der Waals surface area contributed by atoms with Crippen molar-refractivity contribution in [1.82, 2.24) is 0 Å². The Morgan fingerprint density at radius 2 is 1.03 bits per heavy atom. The minimum absolute atomic E-state index is 0.345. The van der Waals surface area contributed by atoms with E-state index >= 15 is 0 Å². The normalized spacial score (nSPS) is 13.4. The van der Waals surface area contributed by atoms with E-state index in [-0.39, 0.29) is 6.61 Å². The summed E-state index contributed by atoms with van der Waals surface area (Å²) in [7, 11) is -1.70. The molecule has 6 heteroatoms. The molecule has 0 aromatic rings. The first-order valence-corrected chi connectivity index (χ1v) is 15.9. The van der Waals surface area contributed by atoms with Crippen LogP contribution in [0.4, 0.5) is 0 Å². The number of carboxylic acids is 1. The third kappa shape index (κ3) is 23.8. The van der Waals surface area contributed by atoms with Gasteiger partial charge >= 0.3 is 5.97 Å². The Hall–Kier alpha value is -0.433. The van der Waals surface area contributed by atoms with Crippen molar-refractivity contribution < 1.29 is 25.2 Å². The predicted molar refractivity (Wildman–Crippen MR) is 130 cm³/mol. The summed E-state index contributed by atoms with van der Waals surface area (Å²) in [4.78, 5) is 10.3. The summed E-state index contributed by atoms with van der Waals surface area (Å²) < 4.78 is 0. The molecule has 0 saturated carbocycles. The van der Waals surface area contributed by atoms with Crippen LogP contribution in [0, 0.1) is 0 Å². The van der Waals surface area contributed by atoms with Crippen molar-refractivity contribution in [3.8, 4) is 0 Å². The monoisotopic (exact) mass is 448 g/mol. The molecule has 182 valence electrons. The fourth-order valence-corrected chi connectivity index (χ4v) is 4.58. The highest BCUT2D eigenvalue weighted by molar-refractivity contribution is 6.77. The van der Waals surface area contributed by atoms with Crippen molar-refractivity contribution in [2.24, 2.45) is 0 Å². The molecule has 0 spiro atoms. The second-order valence-corrected chi connectivity index (χ2v) is 15.0. The average Bonchev–Trinajstić information content (AvgIpc) is 2.69. The minimum Gasteiger partial charge on any atom is -0.481 e. The highest BCUT2D eigenvalue weighted by Gasteiger charge is 2.30. The molecule has 0 bridgehead atoms. The van der Waals surface area contributed by atoms with Gasteiger partial charge in [-0.15, -0.1) is 0 Å². The summed E-state index contributed by atoms with van der Waals surface area (Å²) in [5.74, 6) is -0.653. The lowest BCUT2D eigenvalue weighted by molar-refractivity contribution is -0.137. The summed E-state index contributed by atoms with van der Waals surface area (Å²) >= 11 is 0. The molecule has 0 amide bonds. The first kappa shape index (κ1) is 31.8. The van der Waals surface area contributed by atoms with Crippen LogP contribution in [0.25, 0.3) is 0 Å². The third-order valence-corrected chi connectivity index (χ3v) is 7.59. The summed E-state index contributed by atoms with van der Waals surface area (Å²) in [6, 6.07) is 0. The Kier molecular flexibility index (Phi) is 23.1. The number of carboxylic acid groups (broad SMARTS) is 1. The van der Waals surface area contributed by atoms with Gasteiger partial charge in [-0.2, -0.15) is 0 Å². The molecule has 0 aliphatic rings. The Bertz CT molecular complexity index is 371. The second-order valence-electron chi connectivity index (χ2n) is 9.65. The van der Waals surface area contributed by atoms with Crippen LogP contribution in [-0.2, 0) is 4.79 Å². The van der Waals surface area contributed by atoms with E-state index in [1.807, 2.05) is 19.6 Å². The van der Waals surface area contributed by atoms with Gasteiger partial charge < -0.3 is 20.4 Å². The van der Waals surface area contributed by atoms with Gasteiger partial charge in [0.1, 0.15) is 0 Å². The summed E-state index contributed by atoms with van der Waals surface area (Å²) in [5, 5.41) is 35.3. The van der Waals surface area contributed by atoms with Gasteiger partial charge in [0.05, 0.1) is 26.5 Å². The van der Waals surface area contributed by atoms with E-state index < -0.39 is 25.9 Å². The molecule has 4 N–H and O–H groups in total. The number of aliphatic hydroxyl groups excluding tert-OH is 3. The quantitative estimate of drug-likeness (QED) is 0.145. The zero-order valence-electron chi connectivity index (χ0n) is 20.4. The molecule has 2 atom stereocenters. The number of unbranched alkanes of at least 4 members (excludes halogenated alkanes) is 14. The smallest absolute Gasteiger partial charge is 0.303 e. The van der Waals surface area contributed by atoms with Crippen LogP contribution in [-0.4, -0.2) is 52.9 Å². The summed E-state index contributed by atoms with van der Waals surface area (Å²) in [6.07, 6.45) is 19.2. The van der Waals surface area contributed by atoms with Crippen LogP contribution >= 0.6 is 0 Å². The van der Waals surface area contributed by atoms with E-state index in [1.54, 1.807) is 0 Å². The number of hydrogen-bond acceptors (Lipinski definition) is 4. The molecule has 0 fully saturated rings. The largest absolute Gasteiger partial charge is 0.481 e. The molecule has 30 heavy (non-hydrogen) atoms. The van der Waals surface area contributed by atoms with Gasteiger partial charge in [0, 0.05) is 6.42 Å². The zero-order chi connectivity index (χ0) is 23.3. The maximum atomic E-state index is 10.3. The van der Waals surface area contributed by atoms with Gasteiger partial charge in [0.15, 0.2) is 0 Å². The van der Waals surface area contributed by atoms with E-state index in [4.69, 9.17) is 15.3 Å². The SMILES string of the molecule is CCCCCCCCCCCCCCCCCC(=O)O.C[Si](C)(C)C(O)C(O)CO. The third-order valence-electron chi connectivity index (χ3n) is 5.43. The lowest BCUT2D eigenvalue weighted by Gasteiger charge is -2.26. The van der Waals surface area contributed by atoms with E-state index in [0.717, 1.165) is 12.8 Å². The Labute approximate surface area is 187 Å². The number of aliphatic hydroxyl groups is 3. The van der Waals surface area contributed by atoms with Crippen LogP contribution in [0.5, 0.6) is 0 Å². The predicted octanol–water partition coefficient (Wildman–Crippen LogP) is 5.91. The standard InChI is InChI=1S/C18H36O2.C6H16O3Si/c1-2-3-4-5-6-7-8-9-10-11-12-13-14-15-16-17-18(19)20;1-10(2,3)6(9)5(8)4-7/h2-17H2,1H3,(H,19,20);5-9H,4H2,1-3H3. The molecule has 2 unspecified atom stereocenters. The van der Waals surface area contributed by atoms with Crippen LogP contribution in [0.15, 0.2) is 0 Å². The van der Waals surface area contributed by atoms with Gasteiger partial charge in [-0.1, -0.05) is 116 Å². The maximum absolute atomic E-state index is 10.3. The van der Waals surface area contributed by atoms with Crippen LogP contribution in [0.2, 0.25) is 19.6 Å². The molecule has 0 aliphatic heterocycles. The number of aliphatic carboxylic acids is 1. The van der Waals surface area contributed by atoms with Crippen molar-refractivity contribution in [2.45, 2.75) is 141 Å². The molecule has 5 nitrogen and oxygen atoms in total. The Morgan fingerprint density at radius 3 is 1.27 bits per heavy atom. The van der Waals surface area contributed by atoms with Crippen molar-refractivity contribution >= 4 is 14.0 Å². The van der Waals surface area contributed by atoms with Crippen molar-refractivity contribution in [2.75, 3.05) is 6.61 Å². The van der Waals surface area contributed by atoms with Gasteiger partial charge in [-0.3, -0.25) is 4.79 Å². The molecule has 0 rings (SSSR count). The van der Waals surface area contributed by atoms with Gasteiger partial charge in [0.2, 0.25) is 0 Å². The van der Waals surface area contributed by atoms with Crippen LogP contribution in [0.3, 0.4) is 0 Å². The summed E-state index contributed by atoms with van der Waals surface area (Å²) in [6.45, 7) is 7.74. The topological polar surface area (TPSA) is 98.0 Å². The molecule has 0 aromatic carbocycles. The van der Waals surface area contributed by atoms with Crippen molar-refractivity contribution in [1.29, 1.82) is 0 Å². The first-order chi connectivity index (χ1) is 14.2. The second kappa shape index (κ2) is 21.8. The lowest BCUT2D eigenvalue weighted by atomic mass is 10.0. The Morgan fingerprint density at radius 1 is 0.700 bits per heavy atom. The molecular weight excluding hydrogens is 396 g/mol. The molecule has 0 aliphatic carbocycles. The zero-order valence-corrected chi connectivity index (χ0v) is 21.4. The number of carbonyl (C=O) groups is 1. The van der Waals surface area contributed by atoms with Gasteiger partial charge in [-0.05, 0) is 6.42 Å². The van der Waals surface area contributed by atoms with Crippen LogP contribution < -0.4 is 0 Å². The Balaban J connectivity index is 0. The van der Waals surface area contributed by atoms with E-state index in [9.17, 15) is 9.90 Å². The highest BCUT2D eigenvalue weighted by atomic mass is 28.3. The van der Waals surface area contributed by atoms with Crippen LogP contribution in [0.1, 0.15) is 110 Å². The van der Waals surface area contributed by atoms with Crippen molar-refractivity contribution in [3.05, 3.63) is 0 Å². The van der Waals surface area contributed by atoms with Gasteiger partial charge in [-0.25, -0.2) is 0 Å². The van der Waals surface area contributed by atoms with Crippen molar-refractivity contribution in [3.63, 3.8) is 0 Å². The molecule has 0 saturated heterocycles. The first-order valence-electron chi connectivity index (χ1n) is 12.4. The molecule has 0 radical (unpaired) electrons. The van der Waals surface area contributed by atoms with Gasteiger partial charge in [0.25, 0.3) is 0 Å². The van der Waals surface area contributed by atoms with E-state index in [1.165, 1.54) is 83.5 Å². The lowest BCUT2D eigenvalue weighted by Crippen LogP contribution is -2.47. The fourth-order valence-electron chi connectivity index (χ4n) is 3.32. The fraction of sp³-hybridized carbons (Fsp3) is 0.958. The molecule has 0 heterocycles. The number of rotatable bonds is 19.